The van der Waals surface area contributed by atoms with Crippen molar-refractivity contribution in [1.82, 2.24) is 4.90 Å². The summed E-state index contributed by atoms with van der Waals surface area (Å²) in [5, 5.41) is 3.33. The standard InChI is InChI=1S/C24H30N2O3/c1-16-9-7-14-21(19(16)4)25-22-13-6-5-12-20(22)24(28)29-15-23(27)26-17(2)10-8-11-18(26)3/h5-7,9,12-14,17-18,25H,8,10-11,15H2,1-4H3/t17-,18-/m1/s1. The van der Waals surface area contributed by atoms with Crippen molar-refractivity contribution in [2.45, 2.75) is 59.0 Å². The average Bonchev–Trinajstić information content (AvgIpc) is 2.70. The van der Waals surface area contributed by atoms with Gasteiger partial charge in [0.25, 0.3) is 5.91 Å². The maximum Gasteiger partial charge on any atom is 0.340 e. The molecule has 5 heteroatoms. The smallest absolute Gasteiger partial charge is 0.340 e. The molecule has 3 rings (SSSR count). The molecule has 2 atom stereocenters. The Morgan fingerprint density at radius 1 is 1.00 bits per heavy atom. The van der Waals surface area contributed by atoms with Crippen LogP contribution in [0.4, 0.5) is 11.4 Å². The highest BCUT2D eigenvalue weighted by atomic mass is 16.5. The lowest BCUT2D eigenvalue weighted by Crippen LogP contribution is -2.49. The van der Waals surface area contributed by atoms with Crippen LogP contribution < -0.4 is 5.32 Å². The molecule has 0 aromatic heterocycles. The molecule has 1 aliphatic rings. The average molecular weight is 395 g/mol. The number of ether oxygens (including phenoxy) is 1. The number of nitrogens with zero attached hydrogens (tertiary/aromatic N) is 1. The molecule has 1 aliphatic heterocycles. The number of anilines is 2. The number of aryl methyl sites for hydroxylation is 1. The van der Waals surface area contributed by atoms with E-state index in [-0.39, 0.29) is 24.6 Å². The number of hydrogen-bond acceptors (Lipinski definition) is 4. The first kappa shape index (κ1) is 20.9. The van der Waals surface area contributed by atoms with Crippen molar-refractivity contribution in [3.63, 3.8) is 0 Å². The van der Waals surface area contributed by atoms with Gasteiger partial charge in [-0.05, 0) is 76.3 Å². The van der Waals surface area contributed by atoms with Crippen molar-refractivity contribution in [2.24, 2.45) is 0 Å². The Hall–Kier alpha value is -2.82. The largest absolute Gasteiger partial charge is 0.452 e. The normalized spacial score (nSPS) is 19.0. The fourth-order valence-corrected chi connectivity index (χ4v) is 3.99. The summed E-state index contributed by atoms with van der Waals surface area (Å²) in [5.41, 5.74) is 4.32. The highest BCUT2D eigenvalue weighted by molar-refractivity contribution is 5.97. The molecule has 29 heavy (non-hydrogen) atoms. The molecule has 0 saturated carbocycles. The topological polar surface area (TPSA) is 58.6 Å². The fraction of sp³-hybridized carbons (Fsp3) is 0.417. The predicted octanol–water partition coefficient (Wildman–Crippen LogP) is 4.99. The maximum absolute atomic E-state index is 12.7. The SMILES string of the molecule is Cc1cccc(Nc2ccccc2C(=O)OCC(=O)N2[C@H](C)CCC[C@H]2C)c1C. The van der Waals surface area contributed by atoms with Gasteiger partial charge in [0.05, 0.1) is 11.3 Å². The summed E-state index contributed by atoms with van der Waals surface area (Å²) < 4.78 is 5.40. The summed E-state index contributed by atoms with van der Waals surface area (Å²) in [7, 11) is 0. The first-order valence-corrected chi connectivity index (χ1v) is 10.3. The van der Waals surface area contributed by atoms with E-state index in [1.54, 1.807) is 12.1 Å². The molecule has 1 amide bonds. The van der Waals surface area contributed by atoms with Crippen molar-refractivity contribution >= 4 is 23.3 Å². The molecule has 0 spiro atoms. The van der Waals surface area contributed by atoms with Crippen LogP contribution in [0.1, 0.15) is 54.6 Å². The number of amides is 1. The lowest BCUT2D eigenvalue weighted by molar-refractivity contribution is -0.140. The molecule has 1 N–H and O–H groups in total. The van der Waals surface area contributed by atoms with Crippen molar-refractivity contribution in [3.05, 3.63) is 59.2 Å². The van der Waals surface area contributed by atoms with Gasteiger partial charge in [0, 0.05) is 17.8 Å². The molecule has 2 aromatic carbocycles. The van der Waals surface area contributed by atoms with E-state index in [9.17, 15) is 9.59 Å². The van der Waals surface area contributed by atoms with E-state index in [2.05, 4.69) is 32.2 Å². The minimum atomic E-state index is -0.496. The third kappa shape index (κ3) is 4.78. The summed E-state index contributed by atoms with van der Waals surface area (Å²) >= 11 is 0. The Balaban J connectivity index is 1.70. The van der Waals surface area contributed by atoms with E-state index in [1.807, 2.05) is 36.1 Å². The number of hydrogen-bond donors (Lipinski definition) is 1. The summed E-state index contributed by atoms with van der Waals surface area (Å²) in [6.07, 6.45) is 3.11. The van der Waals surface area contributed by atoms with Crippen LogP contribution >= 0.6 is 0 Å². The second-order valence-electron chi connectivity index (χ2n) is 7.92. The lowest BCUT2D eigenvalue weighted by atomic mass is 9.97. The van der Waals surface area contributed by atoms with Gasteiger partial charge in [-0.2, -0.15) is 0 Å². The molecule has 0 aliphatic carbocycles. The highest BCUT2D eigenvalue weighted by Crippen LogP contribution is 2.26. The van der Waals surface area contributed by atoms with Crippen LogP contribution in [0.5, 0.6) is 0 Å². The van der Waals surface area contributed by atoms with Gasteiger partial charge in [0.15, 0.2) is 6.61 Å². The Bertz CT molecular complexity index is 883. The van der Waals surface area contributed by atoms with Crippen LogP contribution in [-0.4, -0.2) is 35.5 Å². The summed E-state index contributed by atoms with van der Waals surface area (Å²) in [5.74, 6) is -0.623. The molecule has 1 heterocycles. The zero-order chi connectivity index (χ0) is 21.0. The molecular weight excluding hydrogens is 364 g/mol. The van der Waals surface area contributed by atoms with Gasteiger partial charge in [-0.25, -0.2) is 4.79 Å². The Kier molecular flexibility index (Phi) is 6.57. The molecule has 1 saturated heterocycles. The molecule has 154 valence electrons. The van der Waals surface area contributed by atoms with Gasteiger partial charge in [-0.15, -0.1) is 0 Å². The summed E-state index contributed by atoms with van der Waals surface area (Å²) in [4.78, 5) is 27.2. The lowest BCUT2D eigenvalue weighted by Gasteiger charge is -2.38. The number of benzene rings is 2. The second-order valence-corrected chi connectivity index (χ2v) is 7.92. The number of para-hydroxylation sites is 1. The van der Waals surface area contributed by atoms with E-state index in [1.165, 1.54) is 5.56 Å². The van der Waals surface area contributed by atoms with Crippen LogP contribution in [0, 0.1) is 13.8 Å². The number of carbonyl (C=O) groups is 2. The number of piperidine rings is 1. The van der Waals surface area contributed by atoms with Crippen LogP contribution in [0.3, 0.4) is 0 Å². The van der Waals surface area contributed by atoms with Gasteiger partial charge in [0.1, 0.15) is 0 Å². The van der Waals surface area contributed by atoms with Gasteiger partial charge in [-0.1, -0.05) is 24.3 Å². The molecule has 0 bridgehead atoms. The Labute approximate surface area is 173 Å². The van der Waals surface area contributed by atoms with E-state index < -0.39 is 5.97 Å². The van der Waals surface area contributed by atoms with Gasteiger partial charge < -0.3 is 15.0 Å². The van der Waals surface area contributed by atoms with Gasteiger partial charge in [-0.3, -0.25) is 4.79 Å². The van der Waals surface area contributed by atoms with E-state index in [4.69, 9.17) is 4.74 Å². The third-order valence-corrected chi connectivity index (χ3v) is 5.83. The minimum absolute atomic E-state index is 0.127. The van der Waals surface area contributed by atoms with Crippen molar-refractivity contribution in [2.75, 3.05) is 11.9 Å². The number of esters is 1. The maximum atomic E-state index is 12.7. The molecule has 0 radical (unpaired) electrons. The Morgan fingerprint density at radius 2 is 1.66 bits per heavy atom. The van der Waals surface area contributed by atoms with E-state index in [0.29, 0.717) is 11.3 Å². The van der Waals surface area contributed by atoms with Crippen molar-refractivity contribution in [3.8, 4) is 0 Å². The van der Waals surface area contributed by atoms with Crippen molar-refractivity contribution < 1.29 is 14.3 Å². The Morgan fingerprint density at radius 3 is 2.38 bits per heavy atom. The number of likely N-dealkylation sites (tertiary alicyclic amines) is 1. The zero-order valence-corrected chi connectivity index (χ0v) is 17.7. The fourth-order valence-electron chi connectivity index (χ4n) is 3.99. The highest BCUT2D eigenvalue weighted by Gasteiger charge is 2.29. The molecule has 5 nitrogen and oxygen atoms in total. The first-order valence-electron chi connectivity index (χ1n) is 10.3. The number of rotatable bonds is 5. The monoisotopic (exact) mass is 394 g/mol. The van der Waals surface area contributed by atoms with Crippen LogP contribution in [0.15, 0.2) is 42.5 Å². The number of carbonyl (C=O) groups excluding carboxylic acids is 2. The van der Waals surface area contributed by atoms with Crippen LogP contribution in [0.25, 0.3) is 0 Å². The van der Waals surface area contributed by atoms with Crippen LogP contribution in [0.2, 0.25) is 0 Å². The number of nitrogens with one attached hydrogen (secondary N) is 1. The molecule has 2 aromatic rings. The summed E-state index contributed by atoms with van der Waals surface area (Å²) in [6.45, 7) is 7.97. The first-order chi connectivity index (χ1) is 13.9. The quantitative estimate of drug-likeness (QED) is 0.726. The van der Waals surface area contributed by atoms with E-state index >= 15 is 0 Å². The second kappa shape index (κ2) is 9.12. The molecule has 1 fully saturated rings. The minimum Gasteiger partial charge on any atom is -0.452 e. The summed E-state index contributed by atoms with van der Waals surface area (Å²) in [6, 6.07) is 13.6. The molecule has 0 unspecified atom stereocenters. The van der Waals surface area contributed by atoms with E-state index in [0.717, 1.165) is 30.5 Å². The van der Waals surface area contributed by atoms with Gasteiger partial charge in [0.2, 0.25) is 0 Å². The van der Waals surface area contributed by atoms with Crippen molar-refractivity contribution in [1.29, 1.82) is 0 Å². The predicted molar refractivity (Wildman–Crippen MR) is 116 cm³/mol. The molecular formula is C24H30N2O3. The van der Waals surface area contributed by atoms with Gasteiger partial charge >= 0.3 is 5.97 Å². The third-order valence-electron chi connectivity index (χ3n) is 5.83. The van der Waals surface area contributed by atoms with Crippen LogP contribution in [-0.2, 0) is 9.53 Å². The zero-order valence-electron chi connectivity index (χ0n) is 17.7.